The molecule has 0 spiro atoms. The average molecular weight is 288 g/mol. The molecule has 0 heterocycles. The lowest BCUT2D eigenvalue weighted by Crippen LogP contribution is -2.47. The summed E-state index contributed by atoms with van der Waals surface area (Å²) in [6, 6.07) is -0.682. The van der Waals surface area contributed by atoms with Crippen LogP contribution in [0.4, 0.5) is 0 Å². The third-order valence-electron chi connectivity index (χ3n) is 3.56. The fourth-order valence-corrected chi connectivity index (χ4v) is 3.02. The van der Waals surface area contributed by atoms with Crippen molar-refractivity contribution >= 4 is 23.6 Å². The summed E-state index contributed by atoms with van der Waals surface area (Å²) >= 11 is 1.29. The van der Waals surface area contributed by atoms with Crippen LogP contribution >= 0.6 is 11.8 Å². The van der Waals surface area contributed by atoms with Gasteiger partial charge in [0.2, 0.25) is 5.91 Å². The van der Waals surface area contributed by atoms with Crippen LogP contribution in [0.3, 0.4) is 0 Å². The molecule has 19 heavy (non-hydrogen) atoms. The number of carboxylic acids is 1. The Bertz CT molecular complexity index is 328. The van der Waals surface area contributed by atoms with Crippen LogP contribution in [0.5, 0.6) is 0 Å². The maximum absolute atomic E-state index is 11.8. The lowest BCUT2D eigenvalue weighted by Gasteiger charge is -2.28. The normalized spacial score (nSPS) is 18.9. The summed E-state index contributed by atoms with van der Waals surface area (Å²) in [5.74, 6) is -0.808. The molecule has 1 aliphatic rings. The molecule has 5 nitrogen and oxygen atoms in total. The number of carbonyl (C=O) groups is 2. The molecule has 6 heteroatoms. The molecule has 0 bridgehead atoms. The zero-order chi connectivity index (χ0) is 14.5. The first kappa shape index (κ1) is 16.3. The van der Waals surface area contributed by atoms with Crippen molar-refractivity contribution in [2.24, 2.45) is 5.73 Å². The van der Waals surface area contributed by atoms with Gasteiger partial charge in [0.15, 0.2) is 0 Å². The van der Waals surface area contributed by atoms with Gasteiger partial charge in [-0.25, -0.2) is 0 Å². The molecule has 1 saturated carbocycles. The highest BCUT2D eigenvalue weighted by Gasteiger charge is 2.33. The van der Waals surface area contributed by atoms with Gasteiger partial charge in [-0.3, -0.25) is 9.59 Å². The van der Waals surface area contributed by atoms with Crippen molar-refractivity contribution in [1.82, 2.24) is 5.32 Å². The number of amides is 1. The van der Waals surface area contributed by atoms with E-state index in [1.807, 2.05) is 0 Å². The number of aliphatic carboxylic acids is 1. The minimum atomic E-state index is -1.04. The maximum Gasteiger partial charge on any atom is 0.321 e. The van der Waals surface area contributed by atoms with E-state index in [2.05, 4.69) is 5.32 Å². The SMILES string of the molecule is CC(C)(SCC(=O)NC1CCCCC1)[C@H](N)C(=O)O. The van der Waals surface area contributed by atoms with Crippen molar-refractivity contribution in [1.29, 1.82) is 0 Å². The Morgan fingerprint density at radius 1 is 1.37 bits per heavy atom. The van der Waals surface area contributed by atoms with Gasteiger partial charge in [-0.2, -0.15) is 0 Å². The van der Waals surface area contributed by atoms with Crippen LogP contribution in [0.25, 0.3) is 0 Å². The van der Waals surface area contributed by atoms with Crippen molar-refractivity contribution in [2.45, 2.75) is 62.8 Å². The van der Waals surface area contributed by atoms with Crippen LogP contribution < -0.4 is 11.1 Å². The van der Waals surface area contributed by atoms with Crippen LogP contribution in [0.15, 0.2) is 0 Å². The fourth-order valence-electron chi connectivity index (χ4n) is 2.15. The Kier molecular flexibility index (Phi) is 6.13. The van der Waals surface area contributed by atoms with Gasteiger partial charge < -0.3 is 16.2 Å². The molecule has 0 unspecified atom stereocenters. The summed E-state index contributed by atoms with van der Waals surface area (Å²) in [6.07, 6.45) is 5.70. The van der Waals surface area contributed by atoms with Crippen LogP contribution in [-0.2, 0) is 9.59 Å². The molecule has 110 valence electrons. The summed E-state index contributed by atoms with van der Waals surface area (Å²) in [7, 11) is 0. The zero-order valence-electron chi connectivity index (χ0n) is 11.6. The minimum Gasteiger partial charge on any atom is -0.480 e. The lowest BCUT2D eigenvalue weighted by atomic mass is 9.95. The summed E-state index contributed by atoms with van der Waals surface area (Å²) < 4.78 is -0.657. The van der Waals surface area contributed by atoms with Gasteiger partial charge in [0, 0.05) is 10.8 Å². The lowest BCUT2D eigenvalue weighted by molar-refractivity contribution is -0.139. The summed E-state index contributed by atoms with van der Waals surface area (Å²) in [4.78, 5) is 22.7. The number of carboxylic acid groups (broad SMARTS) is 1. The van der Waals surface area contributed by atoms with Crippen LogP contribution in [0.2, 0.25) is 0 Å². The third kappa shape index (κ3) is 5.40. The van der Waals surface area contributed by atoms with E-state index in [-0.39, 0.29) is 17.7 Å². The number of carbonyl (C=O) groups excluding carboxylic acids is 1. The highest BCUT2D eigenvalue weighted by Crippen LogP contribution is 2.27. The Morgan fingerprint density at radius 2 is 1.95 bits per heavy atom. The smallest absolute Gasteiger partial charge is 0.321 e. The molecular formula is C13H24N2O3S. The predicted molar refractivity (Wildman–Crippen MR) is 77.2 cm³/mol. The van der Waals surface area contributed by atoms with E-state index in [4.69, 9.17) is 10.8 Å². The molecule has 1 amide bonds. The molecule has 0 saturated heterocycles. The van der Waals surface area contributed by atoms with Gasteiger partial charge in [0.1, 0.15) is 6.04 Å². The number of nitrogens with two attached hydrogens (primary N) is 1. The molecule has 4 N–H and O–H groups in total. The molecular weight excluding hydrogens is 264 g/mol. The third-order valence-corrected chi connectivity index (χ3v) is 4.97. The van der Waals surface area contributed by atoms with Crippen LogP contribution in [0.1, 0.15) is 46.0 Å². The average Bonchev–Trinajstić information content (AvgIpc) is 2.36. The molecule has 0 aromatic carbocycles. The number of hydrogen-bond donors (Lipinski definition) is 3. The second kappa shape index (κ2) is 7.14. The highest BCUT2D eigenvalue weighted by atomic mass is 32.2. The quantitative estimate of drug-likeness (QED) is 0.686. The maximum atomic E-state index is 11.8. The molecule has 1 fully saturated rings. The fraction of sp³-hybridized carbons (Fsp3) is 0.846. The van der Waals surface area contributed by atoms with Crippen molar-refractivity contribution < 1.29 is 14.7 Å². The molecule has 0 aromatic heterocycles. The summed E-state index contributed by atoms with van der Waals surface area (Å²) in [6.45, 7) is 3.51. The first-order valence-corrected chi connectivity index (χ1v) is 7.73. The first-order chi connectivity index (χ1) is 8.83. The molecule has 1 aliphatic carbocycles. The van der Waals surface area contributed by atoms with Crippen molar-refractivity contribution in [2.75, 3.05) is 5.75 Å². The molecule has 1 rings (SSSR count). The molecule has 0 aliphatic heterocycles. The van der Waals surface area contributed by atoms with Gasteiger partial charge in [-0.1, -0.05) is 19.3 Å². The second-order valence-electron chi connectivity index (χ2n) is 5.61. The molecule has 1 atom stereocenters. The van der Waals surface area contributed by atoms with Gasteiger partial charge in [0.25, 0.3) is 0 Å². The monoisotopic (exact) mass is 288 g/mol. The Hall–Kier alpha value is -0.750. The van der Waals surface area contributed by atoms with Gasteiger partial charge >= 0.3 is 5.97 Å². The Labute approximate surface area is 118 Å². The number of thioether (sulfide) groups is 1. The highest BCUT2D eigenvalue weighted by molar-refractivity contribution is 8.01. The van der Waals surface area contributed by atoms with Crippen LogP contribution in [0, 0.1) is 0 Å². The first-order valence-electron chi connectivity index (χ1n) is 6.74. The molecule has 0 radical (unpaired) electrons. The van der Waals surface area contributed by atoms with Gasteiger partial charge in [-0.15, -0.1) is 11.8 Å². The predicted octanol–water partition coefficient (Wildman–Crippen LogP) is 1.36. The van der Waals surface area contributed by atoms with E-state index in [1.165, 1.54) is 31.0 Å². The largest absolute Gasteiger partial charge is 0.480 e. The van der Waals surface area contributed by atoms with E-state index in [9.17, 15) is 9.59 Å². The van der Waals surface area contributed by atoms with E-state index in [0.29, 0.717) is 0 Å². The van der Waals surface area contributed by atoms with Gasteiger partial charge in [0.05, 0.1) is 5.75 Å². The van der Waals surface area contributed by atoms with Gasteiger partial charge in [-0.05, 0) is 26.7 Å². The molecule has 0 aromatic rings. The number of rotatable bonds is 6. The zero-order valence-corrected chi connectivity index (χ0v) is 12.5. The summed E-state index contributed by atoms with van der Waals surface area (Å²) in [5.41, 5.74) is 5.61. The topological polar surface area (TPSA) is 92.4 Å². The number of nitrogens with one attached hydrogen (secondary N) is 1. The standard InChI is InChI=1S/C13H24N2O3S/c1-13(2,11(14)12(17)18)19-8-10(16)15-9-6-4-3-5-7-9/h9,11H,3-8,14H2,1-2H3,(H,15,16)(H,17,18)/t11-/m1/s1. The van der Waals surface area contributed by atoms with E-state index >= 15 is 0 Å². The number of hydrogen-bond acceptors (Lipinski definition) is 4. The Balaban J connectivity index is 2.34. The minimum absolute atomic E-state index is 0.0254. The van der Waals surface area contributed by atoms with E-state index < -0.39 is 16.8 Å². The van der Waals surface area contributed by atoms with Crippen molar-refractivity contribution in [3.8, 4) is 0 Å². The van der Waals surface area contributed by atoms with Crippen molar-refractivity contribution in [3.63, 3.8) is 0 Å². The Morgan fingerprint density at radius 3 is 2.47 bits per heavy atom. The van der Waals surface area contributed by atoms with Crippen LogP contribution in [-0.4, -0.2) is 39.6 Å². The second-order valence-corrected chi connectivity index (χ2v) is 7.24. The summed E-state index contributed by atoms with van der Waals surface area (Å²) in [5, 5.41) is 11.9. The van der Waals surface area contributed by atoms with E-state index in [1.54, 1.807) is 13.8 Å². The van der Waals surface area contributed by atoms with Crippen molar-refractivity contribution in [3.05, 3.63) is 0 Å². The van der Waals surface area contributed by atoms with E-state index in [0.717, 1.165) is 12.8 Å².